The number of piperazine rings is 1. The fourth-order valence-electron chi connectivity index (χ4n) is 2.45. The fraction of sp³-hybridized carbons (Fsp3) is 0.500. The molecule has 0 spiro atoms. The summed E-state index contributed by atoms with van der Waals surface area (Å²) in [6.07, 6.45) is 0. The van der Waals surface area contributed by atoms with Crippen LogP contribution in [0, 0.1) is 5.82 Å². The highest BCUT2D eigenvalue weighted by Gasteiger charge is 2.40. The number of amides is 1. The van der Waals surface area contributed by atoms with Gasteiger partial charge in [-0.25, -0.2) is 4.39 Å². The summed E-state index contributed by atoms with van der Waals surface area (Å²) in [6.45, 7) is 5.91. The van der Waals surface area contributed by atoms with Crippen LogP contribution in [0.25, 0.3) is 0 Å². The molecule has 0 saturated carbocycles. The Bertz CT molecular complexity index is 484. The van der Waals surface area contributed by atoms with Crippen molar-refractivity contribution in [2.24, 2.45) is 0 Å². The molecule has 2 rings (SSSR count). The molecule has 0 unspecified atom stereocenters. The molecule has 1 aliphatic rings. The van der Waals surface area contributed by atoms with Crippen molar-refractivity contribution in [3.63, 3.8) is 0 Å². The number of carbonyl (C=O) groups excluding carboxylic acids is 1. The minimum atomic E-state index is -0.550. The van der Waals surface area contributed by atoms with Crippen LogP contribution in [0.2, 0.25) is 0 Å². The molecule has 1 saturated heterocycles. The molecule has 0 aromatic heterocycles. The van der Waals surface area contributed by atoms with Crippen LogP contribution < -0.4 is 0 Å². The second-order valence-electron chi connectivity index (χ2n) is 5.48. The lowest BCUT2D eigenvalue weighted by atomic mass is 9.97. The second-order valence-corrected chi connectivity index (χ2v) is 6.40. The molecule has 0 bridgehead atoms. The van der Waals surface area contributed by atoms with Crippen molar-refractivity contribution in [2.75, 3.05) is 20.1 Å². The van der Waals surface area contributed by atoms with E-state index < -0.39 is 5.54 Å². The maximum Gasteiger partial charge on any atom is 0.242 e. The van der Waals surface area contributed by atoms with Gasteiger partial charge in [-0.15, -0.1) is 0 Å². The normalized spacial score (nSPS) is 19.8. The van der Waals surface area contributed by atoms with Crippen molar-refractivity contribution in [3.05, 3.63) is 34.1 Å². The molecule has 19 heavy (non-hydrogen) atoms. The van der Waals surface area contributed by atoms with Crippen LogP contribution in [0.3, 0.4) is 0 Å². The van der Waals surface area contributed by atoms with Gasteiger partial charge in [0.25, 0.3) is 0 Å². The zero-order valence-corrected chi connectivity index (χ0v) is 13.0. The Morgan fingerprint density at radius 3 is 2.63 bits per heavy atom. The van der Waals surface area contributed by atoms with Crippen LogP contribution in [0.5, 0.6) is 0 Å². The lowest BCUT2D eigenvalue weighted by Gasteiger charge is -2.44. The highest BCUT2D eigenvalue weighted by Crippen LogP contribution is 2.25. The number of halogens is 2. The van der Waals surface area contributed by atoms with E-state index in [-0.39, 0.29) is 11.7 Å². The highest BCUT2D eigenvalue weighted by atomic mass is 79.9. The number of carbonyl (C=O) groups is 1. The monoisotopic (exact) mass is 328 g/mol. The fourth-order valence-corrected chi connectivity index (χ4v) is 2.97. The molecule has 5 heteroatoms. The first-order valence-electron chi connectivity index (χ1n) is 6.26. The van der Waals surface area contributed by atoms with Gasteiger partial charge in [-0.2, -0.15) is 0 Å². The summed E-state index contributed by atoms with van der Waals surface area (Å²) in [5.41, 5.74) is 0.323. The summed E-state index contributed by atoms with van der Waals surface area (Å²) in [5.74, 6) is -0.156. The van der Waals surface area contributed by atoms with Crippen molar-refractivity contribution in [2.45, 2.75) is 25.9 Å². The lowest BCUT2D eigenvalue weighted by Crippen LogP contribution is -2.61. The smallest absolute Gasteiger partial charge is 0.242 e. The van der Waals surface area contributed by atoms with Gasteiger partial charge in [0, 0.05) is 31.2 Å². The van der Waals surface area contributed by atoms with E-state index in [2.05, 4.69) is 20.8 Å². The zero-order chi connectivity index (χ0) is 14.2. The van der Waals surface area contributed by atoms with Crippen LogP contribution in [0.4, 0.5) is 4.39 Å². The van der Waals surface area contributed by atoms with Crippen LogP contribution in [0.1, 0.15) is 19.4 Å². The Morgan fingerprint density at radius 2 is 2.00 bits per heavy atom. The summed E-state index contributed by atoms with van der Waals surface area (Å²) in [6, 6.07) is 4.84. The predicted octanol–water partition coefficient (Wildman–Crippen LogP) is 2.64. The molecule has 0 radical (unpaired) electrons. The van der Waals surface area contributed by atoms with E-state index in [0.29, 0.717) is 13.1 Å². The Morgan fingerprint density at radius 1 is 1.32 bits per heavy atom. The first-order chi connectivity index (χ1) is 8.80. The average Bonchev–Trinajstić information content (AvgIpc) is 2.29. The number of hydrogen-bond acceptors (Lipinski definition) is 2. The molecule has 1 aromatic rings. The molecule has 1 aromatic carbocycles. The molecule has 0 N–H and O–H groups in total. The van der Waals surface area contributed by atoms with E-state index in [1.165, 1.54) is 12.1 Å². The Kier molecular flexibility index (Phi) is 3.97. The Balaban J connectivity index is 2.20. The number of benzene rings is 1. The molecule has 1 aliphatic heterocycles. The molecule has 3 nitrogen and oxygen atoms in total. The number of hydrogen-bond donors (Lipinski definition) is 0. The van der Waals surface area contributed by atoms with Crippen molar-refractivity contribution >= 4 is 21.8 Å². The lowest BCUT2D eigenvalue weighted by molar-refractivity contribution is -0.147. The summed E-state index contributed by atoms with van der Waals surface area (Å²) >= 11 is 3.29. The summed E-state index contributed by atoms with van der Waals surface area (Å²) in [7, 11) is 1.82. The molecular formula is C14H18BrFN2O. The highest BCUT2D eigenvalue weighted by molar-refractivity contribution is 9.10. The number of rotatable bonds is 2. The van der Waals surface area contributed by atoms with E-state index in [9.17, 15) is 9.18 Å². The van der Waals surface area contributed by atoms with E-state index in [1.54, 1.807) is 4.90 Å². The van der Waals surface area contributed by atoms with Crippen LogP contribution in [-0.4, -0.2) is 41.4 Å². The van der Waals surface area contributed by atoms with E-state index >= 15 is 0 Å². The van der Waals surface area contributed by atoms with Crippen LogP contribution in [0.15, 0.2) is 22.7 Å². The maximum atomic E-state index is 13.4. The largest absolute Gasteiger partial charge is 0.343 e. The molecule has 0 atom stereocenters. The summed E-state index contributed by atoms with van der Waals surface area (Å²) in [5, 5.41) is 0. The number of likely N-dealkylation sites (N-methyl/N-ethyl adjacent to an activating group) is 1. The second kappa shape index (κ2) is 5.21. The van der Waals surface area contributed by atoms with Crippen molar-refractivity contribution < 1.29 is 9.18 Å². The first kappa shape index (κ1) is 14.5. The quantitative estimate of drug-likeness (QED) is 0.833. The zero-order valence-electron chi connectivity index (χ0n) is 11.4. The first-order valence-corrected chi connectivity index (χ1v) is 7.05. The standard InChI is InChI=1S/C14H18BrFN2O/c1-14(2)13(19)17(3)4-5-18(14)9-10-6-11(15)8-12(16)7-10/h6-8H,4-5,9H2,1-3H3. The Labute approximate surface area is 121 Å². The molecule has 1 amide bonds. The third kappa shape index (κ3) is 2.98. The summed E-state index contributed by atoms with van der Waals surface area (Å²) in [4.78, 5) is 16.0. The molecule has 1 fully saturated rings. The maximum absolute atomic E-state index is 13.4. The average molecular weight is 329 g/mol. The topological polar surface area (TPSA) is 23.6 Å². The molecule has 0 aliphatic carbocycles. The summed E-state index contributed by atoms with van der Waals surface area (Å²) < 4.78 is 14.1. The van der Waals surface area contributed by atoms with Crippen molar-refractivity contribution in [1.29, 1.82) is 0 Å². The van der Waals surface area contributed by atoms with Gasteiger partial charge >= 0.3 is 0 Å². The minimum absolute atomic E-state index is 0.106. The van der Waals surface area contributed by atoms with Gasteiger partial charge < -0.3 is 4.90 Å². The predicted molar refractivity (Wildman–Crippen MR) is 76.2 cm³/mol. The van der Waals surface area contributed by atoms with Crippen molar-refractivity contribution in [1.82, 2.24) is 9.80 Å². The van der Waals surface area contributed by atoms with E-state index in [1.807, 2.05) is 27.0 Å². The van der Waals surface area contributed by atoms with Gasteiger partial charge in [0.1, 0.15) is 5.82 Å². The third-order valence-corrected chi connectivity index (χ3v) is 4.12. The third-order valence-electron chi connectivity index (χ3n) is 3.66. The molecule has 104 valence electrons. The molecular weight excluding hydrogens is 311 g/mol. The van der Waals surface area contributed by atoms with Gasteiger partial charge in [-0.05, 0) is 37.6 Å². The number of nitrogens with zero attached hydrogens (tertiary/aromatic N) is 2. The SMILES string of the molecule is CN1CCN(Cc2cc(F)cc(Br)c2)C(C)(C)C1=O. The van der Waals surface area contributed by atoms with Crippen LogP contribution >= 0.6 is 15.9 Å². The van der Waals surface area contributed by atoms with Crippen molar-refractivity contribution in [3.8, 4) is 0 Å². The van der Waals surface area contributed by atoms with Gasteiger partial charge in [0.15, 0.2) is 0 Å². The van der Waals surface area contributed by atoms with Crippen LogP contribution in [-0.2, 0) is 11.3 Å². The van der Waals surface area contributed by atoms with Gasteiger partial charge in [-0.3, -0.25) is 9.69 Å². The van der Waals surface area contributed by atoms with Gasteiger partial charge in [-0.1, -0.05) is 15.9 Å². The van der Waals surface area contributed by atoms with Gasteiger partial charge in [0.2, 0.25) is 5.91 Å². The minimum Gasteiger partial charge on any atom is -0.343 e. The Hall–Kier alpha value is -0.940. The van der Waals surface area contributed by atoms with Gasteiger partial charge in [0.05, 0.1) is 5.54 Å². The van der Waals surface area contributed by atoms with E-state index in [0.717, 1.165) is 16.6 Å². The molecule has 1 heterocycles. The van der Waals surface area contributed by atoms with E-state index in [4.69, 9.17) is 0 Å².